The second-order valence-electron chi connectivity index (χ2n) is 5.92. The number of aromatic nitrogens is 2. The molecule has 0 aromatic carbocycles. The lowest BCUT2D eigenvalue weighted by Gasteiger charge is -2.24. The van der Waals surface area contributed by atoms with Gasteiger partial charge in [0.25, 0.3) is 0 Å². The Balaban J connectivity index is 1.73. The lowest BCUT2D eigenvalue weighted by atomic mass is 10.2. The molecular weight excluding hydrogens is 270 g/mol. The van der Waals surface area contributed by atoms with Gasteiger partial charge < -0.3 is 19.2 Å². The van der Waals surface area contributed by atoms with Crippen LogP contribution in [0.1, 0.15) is 24.6 Å². The number of carbonyl (C=O) groups excluding carboxylic acids is 1. The molecular formula is C14H25N5O2. The number of hydrogen-bond acceptors (Lipinski definition) is 6. The van der Waals surface area contributed by atoms with Crippen LogP contribution in [0.25, 0.3) is 0 Å². The minimum Gasteiger partial charge on any atom is -0.337 e. The summed E-state index contributed by atoms with van der Waals surface area (Å²) in [6.07, 6.45) is 1.69. The van der Waals surface area contributed by atoms with Crippen molar-refractivity contribution in [3.63, 3.8) is 0 Å². The Morgan fingerprint density at radius 3 is 2.81 bits per heavy atom. The summed E-state index contributed by atoms with van der Waals surface area (Å²) in [5.74, 6) is 1.18. The van der Waals surface area contributed by atoms with Crippen LogP contribution in [0.5, 0.6) is 0 Å². The van der Waals surface area contributed by atoms with Crippen LogP contribution in [0.15, 0.2) is 4.52 Å². The van der Waals surface area contributed by atoms with Crippen LogP contribution in [-0.2, 0) is 11.3 Å². The molecule has 2 rings (SSSR count). The molecule has 118 valence electrons. The maximum Gasteiger partial charge on any atom is 0.246 e. The maximum absolute atomic E-state index is 12.1. The average Bonchev–Trinajstić information content (AvgIpc) is 3.04. The molecule has 0 N–H and O–H groups in total. The Kier molecular flexibility index (Phi) is 5.30. The van der Waals surface area contributed by atoms with E-state index in [9.17, 15) is 4.79 Å². The Hall–Kier alpha value is -1.47. The summed E-state index contributed by atoms with van der Waals surface area (Å²) < 4.78 is 5.03. The van der Waals surface area contributed by atoms with Gasteiger partial charge in [-0.1, -0.05) is 5.16 Å². The molecule has 1 saturated heterocycles. The lowest BCUT2D eigenvalue weighted by molar-refractivity contribution is -0.131. The first-order valence-corrected chi connectivity index (χ1v) is 7.37. The van der Waals surface area contributed by atoms with E-state index < -0.39 is 0 Å². The van der Waals surface area contributed by atoms with E-state index in [1.807, 2.05) is 0 Å². The highest BCUT2D eigenvalue weighted by molar-refractivity contribution is 5.75. The van der Waals surface area contributed by atoms with Crippen LogP contribution in [0.3, 0.4) is 0 Å². The summed E-state index contributed by atoms with van der Waals surface area (Å²) in [6, 6.07) is 0.562. The minimum atomic E-state index is 0.101. The molecule has 1 amide bonds. The van der Waals surface area contributed by atoms with Gasteiger partial charge in [-0.2, -0.15) is 4.98 Å². The fourth-order valence-corrected chi connectivity index (χ4v) is 2.61. The largest absolute Gasteiger partial charge is 0.337 e. The molecule has 0 radical (unpaired) electrons. The quantitative estimate of drug-likeness (QED) is 0.755. The Bertz CT molecular complexity index is 476. The predicted molar refractivity (Wildman–Crippen MR) is 78.7 cm³/mol. The second-order valence-corrected chi connectivity index (χ2v) is 5.92. The van der Waals surface area contributed by atoms with E-state index in [1.165, 1.54) is 6.42 Å². The van der Waals surface area contributed by atoms with Crippen LogP contribution in [-0.4, -0.2) is 77.6 Å². The first kappa shape index (κ1) is 15.9. The van der Waals surface area contributed by atoms with Gasteiger partial charge in [0.15, 0.2) is 5.82 Å². The zero-order valence-electron chi connectivity index (χ0n) is 13.4. The highest BCUT2D eigenvalue weighted by Crippen LogP contribution is 2.13. The first-order valence-electron chi connectivity index (χ1n) is 7.37. The Morgan fingerprint density at radius 1 is 1.48 bits per heavy atom. The molecule has 0 bridgehead atoms. The summed E-state index contributed by atoms with van der Waals surface area (Å²) in [5.41, 5.74) is 0. The monoisotopic (exact) mass is 295 g/mol. The standard InChI is InChI=1S/C14H25N5O2/c1-11-15-13(21-16-11)10-19(4)14(20)6-8-18(3)12-5-7-17(2)9-12/h12H,5-10H2,1-4H3/t12-/m1/s1. The van der Waals surface area contributed by atoms with Gasteiger partial charge in [0.05, 0.1) is 6.54 Å². The smallest absolute Gasteiger partial charge is 0.246 e. The molecule has 1 aliphatic heterocycles. The van der Waals surface area contributed by atoms with E-state index in [-0.39, 0.29) is 5.91 Å². The molecule has 0 spiro atoms. The average molecular weight is 295 g/mol. The number of hydrogen-bond donors (Lipinski definition) is 0. The summed E-state index contributed by atoms with van der Waals surface area (Å²) in [4.78, 5) is 22.5. The Labute approximate surface area is 125 Å². The zero-order chi connectivity index (χ0) is 15.4. The number of likely N-dealkylation sites (tertiary alicyclic amines) is 1. The van der Waals surface area contributed by atoms with Crippen molar-refractivity contribution in [1.82, 2.24) is 24.8 Å². The van der Waals surface area contributed by atoms with E-state index in [1.54, 1.807) is 18.9 Å². The highest BCUT2D eigenvalue weighted by atomic mass is 16.5. The number of likely N-dealkylation sites (N-methyl/N-ethyl adjacent to an activating group) is 2. The molecule has 1 aliphatic rings. The van der Waals surface area contributed by atoms with E-state index in [0.717, 1.165) is 19.6 Å². The minimum absolute atomic E-state index is 0.101. The highest BCUT2D eigenvalue weighted by Gasteiger charge is 2.23. The molecule has 0 unspecified atom stereocenters. The van der Waals surface area contributed by atoms with Gasteiger partial charge in [-0.3, -0.25) is 4.79 Å². The Morgan fingerprint density at radius 2 is 2.24 bits per heavy atom. The van der Waals surface area contributed by atoms with Crippen molar-refractivity contribution in [3.8, 4) is 0 Å². The van der Waals surface area contributed by atoms with Crippen molar-refractivity contribution in [1.29, 1.82) is 0 Å². The molecule has 7 nitrogen and oxygen atoms in total. The molecule has 0 aliphatic carbocycles. The van der Waals surface area contributed by atoms with Gasteiger partial charge in [0.2, 0.25) is 11.8 Å². The van der Waals surface area contributed by atoms with Crippen molar-refractivity contribution < 1.29 is 9.32 Å². The zero-order valence-corrected chi connectivity index (χ0v) is 13.4. The third-order valence-corrected chi connectivity index (χ3v) is 4.04. The van der Waals surface area contributed by atoms with Crippen LogP contribution < -0.4 is 0 Å². The number of nitrogens with zero attached hydrogens (tertiary/aromatic N) is 5. The molecule has 1 aromatic heterocycles. The van der Waals surface area contributed by atoms with E-state index in [2.05, 4.69) is 34.0 Å². The maximum atomic E-state index is 12.1. The summed E-state index contributed by atoms with van der Waals surface area (Å²) >= 11 is 0. The molecule has 0 saturated carbocycles. The van der Waals surface area contributed by atoms with Crippen molar-refractivity contribution in [2.24, 2.45) is 0 Å². The third-order valence-electron chi connectivity index (χ3n) is 4.04. The first-order chi connectivity index (χ1) is 9.95. The fourth-order valence-electron chi connectivity index (χ4n) is 2.61. The summed E-state index contributed by atoms with van der Waals surface area (Å²) in [7, 11) is 6.00. The molecule has 1 fully saturated rings. The van der Waals surface area contributed by atoms with Gasteiger partial charge in [-0.25, -0.2) is 0 Å². The number of aryl methyl sites for hydroxylation is 1. The van der Waals surface area contributed by atoms with Gasteiger partial charge in [0.1, 0.15) is 0 Å². The topological polar surface area (TPSA) is 65.7 Å². The van der Waals surface area contributed by atoms with Crippen molar-refractivity contribution in [3.05, 3.63) is 11.7 Å². The predicted octanol–water partition coefficient (Wildman–Crippen LogP) is 0.362. The van der Waals surface area contributed by atoms with E-state index >= 15 is 0 Å². The number of carbonyl (C=O) groups is 1. The van der Waals surface area contributed by atoms with Crippen LogP contribution in [0.2, 0.25) is 0 Å². The lowest BCUT2D eigenvalue weighted by Crippen LogP contribution is -2.37. The SMILES string of the molecule is Cc1noc(CN(C)C(=O)CCN(C)[C@@H]2CCN(C)C2)n1. The van der Waals surface area contributed by atoms with E-state index in [4.69, 9.17) is 4.52 Å². The second kappa shape index (κ2) is 7.00. The third kappa shape index (κ3) is 4.50. The van der Waals surface area contributed by atoms with Crippen molar-refractivity contribution >= 4 is 5.91 Å². The van der Waals surface area contributed by atoms with Crippen LogP contribution in [0, 0.1) is 6.92 Å². The van der Waals surface area contributed by atoms with Crippen molar-refractivity contribution in [2.75, 3.05) is 40.8 Å². The van der Waals surface area contributed by atoms with E-state index in [0.29, 0.717) is 30.7 Å². The summed E-state index contributed by atoms with van der Waals surface area (Å²) in [6.45, 7) is 5.14. The molecule has 1 aromatic rings. The molecule has 21 heavy (non-hydrogen) atoms. The van der Waals surface area contributed by atoms with Gasteiger partial charge in [-0.15, -0.1) is 0 Å². The van der Waals surface area contributed by atoms with Gasteiger partial charge in [-0.05, 0) is 34.0 Å². The van der Waals surface area contributed by atoms with Crippen LogP contribution >= 0.6 is 0 Å². The van der Waals surface area contributed by atoms with Gasteiger partial charge >= 0.3 is 0 Å². The normalized spacial score (nSPS) is 19.4. The van der Waals surface area contributed by atoms with Crippen LogP contribution in [0.4, 0.5) is 0 Å². The molecule has 1 atom stereocenters. The molecule has 2 heterocycles. The van der Waals surface area contributed by atoms with Crippen molar-refractivity contribution in [2.45, 2.75) is 32.4 Å². The molecule has 7 heteroatoms. The number of amides is 1. The van der Waals surface area contributed by atoms with Gasteiger partial charge in [0, 0.05) is 32.6 Å². The fraction of sp³-hybridized carbons (Fsp3) is 0.786. The number of rotatable bonds is 6. The summed E-state index contributed by atoms with van der Waals surface area (Å²) in [5, 5.41) is 3.73.